The zero-order chi connectivity index (χ0) is 29.8. The minimum atomic E-state index is -1.02. The predicted molar refractivity (Wildman–Crippen MR) is 154 cm³/mol. The van der Waals surface area contributed by atoms with Crippen LogP contribution in [0.1, 0.15) is 58.6 Å². The summed E-state index contributed by atoms with van der Waals surface area (Å²) in [6.45, 7) is 0.847. The van der Waals surface area contributed by atoms with Gasteiger partial charge in [-0.1, -0.05) is 29.2 Å². The van der Waals surface area contributed by atoms with Crippen LogP contribution >= 0.6 is 0 Å². The van der Waals surface area contributed by atoms with Crippen LogP contribution in [0.4, 0.5) is 4.39 Å². The fourth-order valence-corrected chi connectivity index (χ4v) is 5.55. The Kier molecular flexibility index (Phi) is 8.42. The number of alkyl halides is 1. The number of tetrazole rings is 1. The van der Waals surface area contributed by atoms with Crippen LogP contribution in [0.15, 0.2) is 48.5 Å². The molecule has 0 bridgehead atoms. The van der Waals surface area contributed by atoms with E-state index in [4.69, 9.17) is 0 Å². The summed E-state index contributed by atoms with van der Waals surface area (Å²) in [5.74, 6) is 6.50. The topological polar surface area (TPSA) is 145 Å². The molecule has 4 atom stereocenters. The molecule has 43 heavy (non-hydrogen) atoms. The number of hydrogen-bond acceptors (Lipinski definition) is 7. The minimum absolute atomic E-state index is 0.0275. The van der Waals surface area contributed by atoms with Crippen molar-refractivity contribution in [1.29, 1.82) is 0 Å². The van der Waals surface area contributed by atoms with E-state index in [-0.39, 0.29) is 55.2 Å². The molecule has 2 saturated heterocycles. The van der Waals surface area contributed by atoms with Crippen molar-refractivity contribution in [2.24, 2.45) is 5.92 Å². The summed E-state index contributed by atoms with van der Waals surface area (Å²) >= 11 is 0. The minimum Gasteiger partial charge on any atom is -0.350 e. The van der Waals surface area contributed by atoms with E-state index >= 15 is 0 Å². The van der Waals surface area contributed by atoms with Crippen molar-refractivity contribution in [2.75, 3.05) is 19.6 Å². The van der Waals surface area contributed by atoms with Gasteiger partial charge in [-0.15, -0.1) is 10.2 Å². The van der Waals surface area contributed by atoms with E-state index in [1.165, 1.54) is 0 Å². The van der Waals surface area contributed by atoms with Gasteiger partial charge in [-0.2, -0.15) is 5.21 Å². The number of halogens is 1. The van der Waals surface area contributed by atoms with Crippen molar-refractivity contribution >= 4 is 17.7 Å². The predicted octanol–water partition coefficient (Wildman–Crippen LogP) is 1.12. The van der Waals surface area contributed by atoms with E-state index in [0.29, 0.717) is 30.8 Å². The lowest BCUT2D eigenvalue weighted by Gasteiger charge is -2.25. The van der Waals surface area contributed by atoms with Gasteiger partial charge in [-0.3, -0.25) is 14.4 Å². The molecule has 3 amide bonds. The zero-order valence-electron chi connectivity index (χ0n) is 23.6. The van der Waals surface area contributed by atoms with Gasteiger partial charge in [0.2, 0.25) is 11.8 Å². The molecule has 0 radical (unpaired) electrons. The molecule has 1 aromatic heterocycles. The maximum Gasteiger partial charge on any atom is 0.251 e. The SMILES string of the molecule is O=C(NC[C@H]1C[C@@H](NC(=O)[C@@H]2C[C@H](F)CN2)CN1C(=O)C1CC1)c1ccc(C#Cc2ccc(Cc3nn[nH]n3)cc2)cc1. The van der Waals surface area contributed by atoms with Crippen LogP contribution in [-0.4, -0.2) is 87.2 Å². The van der Waals surface area contributed by atoms with E-state index in [9.17, 15) is 18.8 Å². The number of hydrogen-bond donors (Lipinski definition) is 4. The molecule has 2 aromatic carbocycles. The van der Waals surface area contributed by atoms with Gasteiger partial charge < -0.3 is 20.9 Å². The van der Waals surface area contributed by atoms with Crippen LogP contribution in [0.3, 0.4) is 0 Å². The summed E-state index contributed by atoms with van der Waals surface area (Å²) < 4.78 is 13.5. The number of nitrogens with one attached hydrogen (secondary N) is 4. The molecule has 0 unspecified atom stereocenters. The summed E-state index contributed by atoms with van der Waals surface area (Å²) in [5.41, 5.74) is 3.19. The first-order valence-corrected chi connectivity index (χ1v) is 14.6. The summed E-state index contributed by atoms with van der Waals surface area (Å²) in [5, 5.41) is 22.8. The van der Waals surface area contributed by atoms with E-state index in [0.717, 1.165) is 29.5 Å². The number of amides is 3. The second-order valence-electron chi connectivity index (χ2n) is 11.4. The van der Waals surface area contributed by atoms with Crippen LogP contribution in [0.5, 0.6) is 0 Å². The Balaban J connectivity index is 1.02. The average Bonchev–Trinajstić information content (AvgIpc) is 3.34. The summed E-state index contributed by atoms with van der Waals surface area (Å²) in [7, 11) is 0. The van der Waals surface area contributed by atoms with Gasteiger partial charge in [0.05, 0.1) is 12.1 Å². The molecule has 12 heteroatoms. The summed E-state index contributed by atoms with van der Waals surface area (Å²) in [6.07, 6.45) is 1.99. The fraction of sp³-hybridized carbons (Fsp3) is 0.419. The van der Waals surface area contributed by atoms with Crippen LogP contribution < -0.4 is 16.0 Å². The van der Waals surface area contributed by atoms with Crippen molar-refractivity contribution in [2.45, 2.75) is 56.4 Å². The highest BCUT2D eigenvalue weighted by atomic mass is 19.1. The Bertz CT molecular complexity index is 1510. The molecule has 2 aliphatic heterocycles. The van der Waals surface area contributed by atoms with Gasteiger partial charge >= 0.3 is 0 Å². The Morgan fingerprint density at radius 3 is 2.35 bits per heavy atom. The maximum atomic E-state index is 13.5. The Hall–Kier alpha value is -4.63. The molecule has 0 spiro atoms. The standard InChI is InChI=1S/C31H33FN8O3/c32-24-14-27(33-16-24)30(42)35-25-15-26(40(18-25)31(43)23-11-12-23)17-34-29(41)22-9-7-20(8-10-22)2-1-19-3-5-21(6-4-19)13-28-36-38-39-37-28/h3-10,23-27,33H,11-18H2,(H,34,41)(H,35,42)(H,36,37,38,39)/t24-,25+,26+,27-/m0/s1. The van der Waals surface area contributed by atoms with Crippen molar-refractivity contribution in [3.05, 3.63) is 76.6 Å². The lowest BCUT2D eigenvalue weighted by molar-refractivity contribution is -0.133. The molecule has 3 heterocycles. The molecule has 1 aliphatic carbocycles. The van der Waals surface area contributed by atoms with Gasteiger partial charge in [-0.05, 0) is 61.2 Å². The number of aromatic amines is 1. The molecule has 3 fully saturated rings. The third kappa shape index (κ3) is 7.24. The zero-order valence-corrected chi connectivity index (χ0v) is 23.6. The normalized spacial score (nSPS) is 23.0. The van der Waals surface area contributed by atoms with Gasteiger partial charge in [0.1, 0.15) is 6.17 Å². The van der Waals surface area contributed by atoms with Crippen molar-refractivity contribution in [1.82, 2.24) is 41.5 Å². The highest BCUT2D eigenvalue weighted by Crippen LogP contribution is 2.33. The maximum absolute atomic E-state index is 13.5. The summed E-state index contributed by atoms with van der Waals surface area (Å²) in [6, 6.07) is 13.9. The largest absolute Gasteiger partial charge is 0.350 e. The molecule has 222 valence electrons. The van der Waals surface area contributed by atoms with Crippen LogP contribution in [0.2, 0.25) is 0 Å². The van der Waals surface area contributed by atoms with E-state index in [2.05, 4.69) is 48.4 Å². The monoisotopic (exact) mass is 584 g/mol. The lowest BCUT2D eigenvalue weighted by atomic mass is 10.1. The van der Waals surface area contributed by atoms with E-state index in [1.54, 1.807) is 29.2 Å². The highest BCUT2D eigenvalue weighted by Gasteiger charge is 2.42. The number of benzene rings is 2. The van der Waals surface area contributed by atoms with E-state index < -0.39 is 12.2 Å². The lowest BCUT2D eigenvalue weighted by Crippen LogP contribution is -2.46. The molecule has 3 aromatic rings. The third-order valence-corrected chi connectivity index (χ3v) is 8.07. The number of likely N-dealkylation sites (tertiary alicyclic amines) is 1. The average molecular weight is 585 g/mol. The van der Waals surface area contributed by atoms with Crippen LogP contribution in [0, 0.1) is 17.8 Å². The Labute approximate surface area is 248 Å². The number of carbonyl (C=O) groups excluding carboxylic acids is 3. The first-order valence-electron chi connectivity index (χ1n) is 14.6. The Morgan fingerprint density at radius 2 is 1.72 bits per heavy atom. The number of aromatic nitrogens is 4. The Morgan fingerprint density at radius 1 is 1.00 bits per heavy atom. The van der Waals surface area contributed by atoms with Crippen molar-refractivity contribution < 1.29 is 18.8 Å². The fourth-order valence-electron chi connectivity index (χ4n) is 5.55. The van der Waals surface area contributed by atoms with Crippen LogP contribution in [0.25, 0.3) is 0 Å². The number of nitrogens with zero attached hydrogens (tertiary/aromatic N) is 4. The molecule has 6 rings (SSSR count). The number of carbonyl (C=O) groups is 3. The van der Waals surface area contributed by atoms with Gasteiger partial charge in [0.15, 0.2) is 5.82 Å². The second kappa shape index (κ2) is 12.7. The van der Waals surface area contributed by atoms with Crippen LogP contribution in [-0.2, 0) is 16.0 Å². The number of H-pyrrole nitrogens is 1. The third-order valence-electron chi connectivity index (χ3n) is 8.07. The molecular weight excluding hydrogens is 551 g/mol. The van der Waals surface area contributed by atoms with Gasteiger partial charge in [0, 0.05) is 61.1 Å². The first-order chi connectivity index (χ1) is 20.9. The second-order valence-corrected chi connectivity index (χ2v) is 11.4. The highest BCUT2D eigenvalue weighted by molar-refractivity contribution is 5.94. The van der Waals surface area contributed by atoms with Gasteiger partial charge in [-0.25, -0.2) is 4.39 Å². The quantitative estimate of drug-likeness (QED) is 0.291. The smallest absolute Gasteiger partial charge is 0.251 e. The molecule has 3 aliphatic rings. The first kappa shape index (κ1) is 28.5. The molecule has 1 saturated carbocycles. The van der Waals surface area contributed by atoms with Gasteiger partial charge in [0.25, 0.3) is 5.91 Å². The number of rotatable bonds is 8. The summed E-state index contributed by atoms with van der Waals surface area (Å²) in [4.78, 5) is 40.3. The van der Waals surface area contributed by atoms with Crippen molar-refractivity contribution in [3.63, 3.8) is 0 Å². The molecule has 11 nitrogen and oxygen atoms in total. The molecule has 4 N–H and O–H groups in total. The molecular formula is C31H33FN8O3. The van der Waals surface area contributed by atoms with E-state index in [1.807, 2.05) is 24.3 Å². The van der Waals surface area contributed by atoms with Crippen molar-refractivity contribution in [3.8, 4) is 11.8 Å².